The van der Waals surface area contributed by atoms with Gasteiger partial charge in [0.05, 0.1) is 11.4 Å². The molecule has 3 heteroatoms. The van der Waals surface area contributed by atoms with E-state index in [-0.39, 0.29) is 6.17 Å². The molecule has 4 aromatic rings. The van der Waals surface area contributed by atoms with E-state index < -0.39 is 0 Å². The number of hydrogen-bond acceptors (Lipinski definition) is 2. The molecule has 0 aliphatic carbocycles. The third kappa shape index (κ3) is 2.32. The summed E-state index contributed by atoms with van der Waals surface area (Å²) in [6.45, 7) is 0. The van der Waals surface area contributed by atoms with Crippen molar-refractivity contribution in [1.29, 1.82) is 0 Å². The molecule has 0 saturated carbocycles. The van der Waals surface area contributed by atoms with Crippen LogP contribution in [0.5, 0.6) is 0 Å². The first-order valence-electron chi connectivity index (χ1n) is 8.46. The van der Waals surface area contributed by atoms with E-state index in [4.69, 9.17) is 5.10 Å². The molecule has 1 aliphatic rings. The fraction of sp³-hybridized carbons (Fsp3) is 0.0455. The van der Waals surface area contributed by atoms with Crippen molar-refractivity contribution in [3.05, 3.63) is 96.6 Å². The molecule has 25 heavy (non-hydrogen) atoms. The van der Waals surface area contributed by atoms with Gasteiger partial charge in [0, 0.05) is 16.8 Å². The van der Waals surface area contributed by atoms with Crippen LogP contribution in [0.2, 0.25) is 0 Å². The molecule has 1 unspecified atom stereocenters. The Morgan fingerprint density at radius 1 is 0.760 bits per heavy atom. The number of benzene rings is 3. The quantitative estimate of drug-likeness (QED) is 0.550. The Hall–Kier alpha value is -3.33. The molecule has 0 saturated heterocycles. The van der Waals surface area contributed by atoms with Gasteiger partial charge in [-0.05, 0) is 17.7 Å². The maximum Gasteiger partial charge on any atom is 0.147 e. The van der Waals surface area contributed by atoms with Gasteiger partial charge in [0.2, 0.25) is 0 Å². The molecule has 0 fully saturated rings. The molecule has 1 aromatic heterocycles. The van der Waals surface area contributed by atoms with Gasteiger partial charge < -0.3 is 5.32 Å². The first-order valence-corrected chi connectivity index (χ1v) is 8.46. The van der Waals surface area contributed by atoms with Gasteiger partial charge >= 0.3 is 0 Å². The topological polar surface area (TPSA) is 29.9 Å². The largest absolute Gasteiger partial charge is 0.359 e. The second-order valence-electron chi connectivity index (χ2n) is 6.23. The highest BCUT2D eigenvalue weighted by atomic mass is 15.4. The number of fused-ring (bicyclic) bond motifs is 3. The summed E-state index contributed by atoms with van der Waals surface area (Å²) >= 11 is 0. The lowest BCUT2D eigenvalue weighted by Crippen LogP contribution is -2.25. The first kappa shape index (κ1) is 14.1. The molecule has 1 atom stereocenters. The summed E-state index contributed by atoms with van der Waals surface area (Å²) in [7, 11) is 0. The van der Waals surface area contributed by atoms with Crippen LogP contribution in [0.3, 0.4) is 0 Å². The number of hydrogen-bond donors (Lipinski definition) is 1. The van der Waals surface area contributed by atoms with E-state index in [9.17, 15) is 0 Å². The predicted molar refractivity (Wildman–Crippen MR) is 101 cm³/mol. The van der Waals surface area contributed by atoms with E-state index in [1.807, 2.05) is 12.1 Å². The van der Waals surface area contributed by atoms with Gasteiger partial charge in [0.25, 0.3) is 0 Å². The van der Waals surface area contributed by atoms with E-state index in [0.717, 1.165) is 22.6 Å². The molecule has 0 amide bonds. The minimum Gasteiger partial charge on any atom is -0.359 e. The second kappa shape index (κ2) is 5.64. The molecule has 1 N–H and O–H groups in total. The van der Waals surface area contributed by atoms with Crippen LogP contribution in [0.15, 0.2) is 91.0 Å². The van der Waals surface area contributed by atoms with Gasteiger partial charge in [-0.3, -0.25) is 0 Å². The van der Waals surface area contributed by atoms with Gasteiger partial charge in [-0.25, -0.2) is 4.68 Å². The zero-order valence-corrected chi connectivity index (χ0v) is 13.6. The Balaban J connectivity index is 1.72. The van der Waals surface area contributed by atoms with Crippen LogP contribution in [-0.4, -0.2) is 9.78 Å². The fourth-order valence-corrected chi connectivity index (χ4v) is 3.44. The van der Waals surface area contributed by atoms with Crippen molar-refractivity contribution in [3.8, 4) is 22.5 Å². The number of nitrogens with zero attached hydrogens (tertiary/aromatic N) is 2. The van der Waals surface area contributed by atoms with Crippen molar-refractivity contribution in [2.24, 2.45) is 0 Å². The Bertz CT molecular complexity index is 1020. The lowest BCUT2D eigenvalue weighted by atomic mass is 10.0. The molecule has 0 bridgehead atoms. The van der Waals surface area contributed by atoms with E-state index in [1.165, 1.54) is 11.1 Å². The number of aromatic nitrogens is 2. The van der Waals surface area contributed by atoms with Gasteiger partial charge in [-0.2, -0.15) is 5.10 Å². The summed E-state index contributed by atoms with van der Waals surface area (Å²) in [5, 5.41) is 8.57. The Kier molecular flexibility index (Phi) is 3.17. The van der Waals surface area contributed by atoms with Crippen LogP contribution in [0.1, 0.15) is 11.7 Å². The molecule has 3 aromatic carbocycles. The van der Waals surface area contributed by atoms with E-state index >= 15 is 0 Å². The van der Waals surface area contributed by atoms with Crippen molar-refractivity contribution in [2.75, 3.05) is 5.32 Å². The Morgan fingerprint density at radius 3 is 2.24 bits per heavy atom. The number of para-hydroxylation sites is 1. The lowest BCUT2D eigenvalue weighted by molar-refractivity contribution is 0.577. The average Bonchev–Trinajstić information content (AvgIpc) is 3.14. The molecular formula is C22H17N3. The zero-order chi connectivity index (χ0) is 16.6. The molecule has 0 spiro atoms. The lowest BCUT2D eigenvalue weighted by Gasteiger charge is -2.29. The number of rotatable bonds is 2. The van der Waals surface area contributed by atoms with Crippen molar-refractivity contribution in [2.45, 2.75) is 6.17 Å². The third-order valence-electron chi connectivity index (χ3n) is 4.66. The summed E-state index contributed by atoms with van der Waals surface area (Å²) < 4.78 is 2.10. The molecule has 5 rings (SSSR count). The van der Waals surface area contributed by atoms with Gasteiger partial charge in [-0.1, -0.05) is 78.9 Å². The molecule has 0 radical (unpaired) electrons. The van der Waals surface area contributed by atoms with Gasteiger partial charge in [-0.15, -0.1) is 0 Å². The van der Waals surface area contributed by atoms with Crippen molar-refractivity contribution in [3.63, 3.8) is 0 Å². The maximum atomic E-state index is 4.93. The van der Waals surface area contributed by atoms with E-state index in [2.05, 4.69) is 88.9 Å². The van der Waals surface area contributed by atoms with E-state index in [1.54, 1.807) is 0 Å². The second-order valence-corrected chi connectivity index (χ2v) is 6.23. The summed E-state index contributed by atoms with van der Waals surface area (Å²) in [6.07, 6.45) is -0.0106. The van der Waals surface area contributed by atoms with Crippen LogP contribution >= 0.6 is 0 Å². The SMILES string of the molecule is c1ccc(-c2cc3n(n2)C(c2ccccc2)Nc2ccccc2-3)cc1. The molecular weight excluding hydrogens is 306 g/mol. The number of nitrogens with one attached hydrogen (secondary N) is 1. The minimum absolute atomic E-state index is 0.0106. The Labute approximate surface area is 146 Å². The molecule has 120 valence electrons. The smallest absolute Gasteiger partial charge is 0.147 e. The molecule has 3 nitrogen and oxygen atoms in total. The van der Waals surface area contributed by atoms with Gasteiger partial charge in [0.15, 0.2) is 0 Å². The third-order valence-corrected chi connectivity index (χ3v) is 4.66. The summed E-state index contributed by atoms with van der Waals surface area (Å²) in [5.74, 6) is 0. The zero-order valence-electron chi connectivity index (χ0n) is 13.6. The predicted octanol–water partition coefficient (Wildman–Crippen LogP) is 5.19. The standard InChI is InChI=1S/C22H17N3/c1-3-9-16(10-4-1)20-15-21-18-13-7-8-14-19(18)23-22(25(21)24-20)17-11-5-2-6-12-17/h1-15,22-23H. The highest BCUT2D eigenvalue weighted by Gasteiger charge is 2.26. The average molecular weight is 323 g/mol. The van der Waals surface area contributed by atoms with Crippen LogP contribution in [-0.2, 0) is 0 Å². The van der Waals surface area contributed by atoms with Crippen molar-refractivity contribution < 1.29 is 0 Å². The summed E-state index contributed by atoms with van der Waals surface area (Å²) in [5.41, 5.74) is 6.79. The summed E-state index contributed by atoms with van der Waals surface area (Å²) in [6, 6.07) is 31.4. The van der Waals surface area contributed by atoms with E-state index in [0.29, 0.717) is 0 Å². The monoisotopic (exact) mass is 323 g/mol. The molecule has 2 heterocycles. The maximum absolute atomic E-state index is 4.93. The van der Waals surface area contributed by atoms with Crippen LogP contribution in [0.4, 0.5) is 5.69 Å². The molecule has 1 aliphatic heterocycles. The van der Waals surface area contributed by atoms with Crippen LogP contribution in [0, 0.1) is 0 Å². The van der Waals surface area contributed by atoms with Crippen molar-refractivity contribution in [1.82, 2.24) is 9.78 Å². The van der Waals surface area contributed by atoms with Crippen LogP contribution < -0.4 is 5.32 Å². The number of anilines is 1. The van der Waals surface area contributed by atoms with Crippen molar-refractivity contribution >= 4 is 5.69 Å². The fourth-order valence-electron chi connectivity index (χ4n) is 3.44. The highest BCUT2D eigenvalue weighted by molar-refractivity contribution is 5.81. The Morgan fingerprint density at radius 2 is 1.44 bits per heavy atom. The first-order chi connectivity index (χ1) is 12.4. The normalized spacial score (nSPS) is 15.1. The van der Waals surface area contributed by atoms with Crippen LogP contribution in [0.25, 0.3) is 22.5 Å². The van der Waals surface area contributed by atoms with Gasteiger partial charge in [0.1, 0.15) is 6.17 Å². The highest BCUT2D eigenvalue weighted by Crippen LogP contribution is 2.39. The summed E-state index contributed by atoms with van der Waals surface area (Å²) in [4.78, 5) is 0. The minimum atomic E-state index is -0.0106.